The monoisotopic (exact) mass is 497 g/mol. The van der Waals surface area contributed by atoms with E-state index in [2.05, 4.69) is 43.2 Å². The van der Waals surface area contributed by atoms with Crippen LogP contribution in [0.5, 0.6) is 11.5 Å². The van der Waals surface area contributed by atoms with Crippen molar-refractivity contribution in [2.75, 3.05) is 30.0 Å². The van der Waals surface area contributed by atoms with Crippen molar-refractivity contribution < 1.29 is 19.1 Å². The van der Waals surface area contributed by atoms with Crippen LogP contribution in [0.15, 0.2) is 72.9 Å². The molecule has 2 N–H and O–H groups in total. The van der Waals surface area contributed by atoms with Gasteiger partial charge >= 0.3 is 0 Å². The van der Waals surface area contributed by atoms with Crippen molar-refractivity contribution in [1.29, 1.82) is 0 Å². The van der Waals surface area contributed by atoms with Gasteiger partial charge in [0.1, 0.15) is 18.1 Å². The number of carbonyl (C=O) groups excluding carboxylic acids is 2. The average molecular weight is 498 g/mol. The zero-order valence-corrected chi connectivity index (χ0v) is 21.3. The molecule has 3 aromatic carbocycles. The number of nitrogens with zero attached hydrogens (tertiary/aromatic N) is 1. The number of amides is 2. The molecule has 5 rings (SSSR count). The highest BCUT2D eigenvalue weighted by molar-refractivity contribution is 6.00. The molecule has 7 heteroatoms. The van der Waals surface area contributed by atoms with Crippen LogP contribution < -0.4 is 19.7 Å². The van der Waals surface area contributed by atoms with E-state index in [1.165, 1.54) is 5.56 Å². The van der Waals surface area contributed by atoms with E-state index < -0.39 is 0 Å². The van der Waals surface area contributed by atoms with Crippen molar-refractivity contribution in [3.05, 3.63) is 84.1 Å². The van der Waals surface area contributed by atoms with E-state index >= 15 is 0 Å². The Morgan fingerprint density at radius 2 is 1.86 bits per heavy atom. The minimum Gasteiger partial charge on any atom is -0.492 e. The first-order chi connectivity index (χ1) is 17.8. The van der Waals surface area contributed by atoms with E-state index in [4.69, 9.17) is 9.47 Å². The maximum Gasteiger partial charge on any atom is 0.265 e. The number of H-pyrrole nitrogens is 1. The number of carbonyl (C=O) groups is 2. The summed E-state index contributed by atoms with van der Waals surface area (Å²) in [6.07, 6.45) is 2.10. The van der Waals surface area contributed by atoms with Crippen LogP contribution in [0.25, 0.3) is 10.9 Å². The lowest BCUT2D eigenvalue weighted by Crippen LogP contribution is -2.41. The Balaban J connectivity index is 1.24. The Bertz CT molecular complexity index is 1430. The van der Waals surface area contributed by atoms with E-state index in [1.807, 2.05) is 42.6 Å². The van der Waals surface area contributed by atoms with Gasteiger partial charge in [0.05, 0.1) is 18.7 Å². The van der Waals surface area contributed by atoms with Gasteiger partial charge in [-0.15, -0.1) is 0 Å². The smallest absolute Gasteiger partial charge is 0.265 e. The van der Waals surface area contributed by atoms with Crippen LogP contribution in [0.1, 0.15) is 31.9 Å². The third kappa shape index (κ3) is 5.45. The molecule has 37 heavy (non-hydrogen) atoms. The van der Waals surface area contributed by atoms with Gasteiger partial charge in [-0.1, -0.05) is 51.1 Å². The molecule has 0 saturated heterocycles. The van der Waals surface area contributed by atoms with Crippen LogP contribution in [0, 0.1) is 0 Å². The van der Waals surface area contributed by atoms with Gasteiger partial charge in [0, 0.05) is 22.8 Å². The largest absolute Gasteiger partial charge is 0.492 e. The first-order valence-electron chi connectivity index (χ1n) is 12.4. The number of ether oxygens (including phenoxy) is 2. The zero-order valence-electron chi connectivity index (χ0n) is 21.3. The summed E-state index contributed by atoms with van der Waals surface area (Å²) >= 11 is 0. The summed E-state index contributed by atoms with van der Waals surface area (Å²) in [4.78, 5) is 30.3. The van der Waals surface area contributed by atoms with Crippen LogP contribution in [0.4, 0.5) is 11.4 Å². The Morgan fingerprint density at radius 1 is 1.08 bits per heavy atom. The molecule has 0 unspecified atom stereocenters. The van der Waals surface area contributed by atoms with E-state index in [0.717, 1.165) is 22.2 Å². The number of nitrogens with one attached hydrogen (secondary N) is 2. The molecule has 0 spiro atoms. The highest BCUT2D eigenvalue weighted by Crippen LogP contribution is 2.34. The summed E-state index contributed by atoms with van der Waals surface area (Å²) in [7, 11) is 0. The molecular formula is C30H31N3O4. The van der Waals surface area contributed by atoms with Gasteiger partial charge in [-0.25, -0.2) is 0 Å². The first-order valence-corrected chi connectivity index (χ1v) is 12.4. The molecule has 0 atom stereocenters. The standard InChI is InChI=1S/C30H31N3O4/c1-30(2,3)21-8-11-23(12-9-21)36-15-14-33-26-17-22(10-13-27(26)37-19-29(33)35)32-28(34)16-20-18-31-25-7-5-4-6-24(20)25/h4-13,17-18,31H,14-16,19H2,1-3H3,(H,32,34). The van der Waals surface area contributed by atoms with Crippen molar-refractivity contribution in [3.8, 4) is 11.5 Å². The van der Waals surface area contributed by atoms with Gasteiger partial charge < -0.3 is 24.7 Å². The van der Waals surface area contributed by atoms with Gasteiger partial charge in [-0.2, -0.15) is 0 Å². The van der Waals surface area contributed by atoms with Gasteiger partial charge in [0.25, 0.3) is 5.91 Å². The lowest BCUT2D eigenvalue weighted by Gasteiger charge is -2.29. The number of hydrogen-bond donors (Lipinski definition) is 2. The predicted octanol–water partition coefficient (Wildman–Crippen LogP) is 5.45. The molecule has 0 aliphatic carbocycles. The zero-order chi connectivity index (χ0) is 26.0. The van der Waals surface area contributed by atoms with Crippen molar-refractivity contribution in [1.82, 2.24) is 4.98 Å². The number of aromatic amines is 1. The van der Waals surface area contributed by atoms with Gasteiger partial charge in [0.15, 0.2) is 6.61 Å². The maximum atomic E-state index is 12.8. The minimum absolute atomic E-state index is 0.0282. The molecular weight excluding hydrogens is 466 g/mol. The van der Waals surface area contributed by atoms with Crippen molar-refractivity contribution in [2.45, 2.75) is 32.6 Å². The SMILES string of the molecule is CC(C)(C)c1ccc(OCCN2C(=O)COc3ccc(NC(=O)Cc4c[nH]c5ccccc45)cc32)cc1. The Labute approximate surface area is 216 Å². The summed E-state index contributed by atoms with van der Waals surface area (Å²) in [5.41, 5.74) is 4.46. The van der Waals surface area contributed by atoms with E-state index in [9.17, 15) is 9.59 Å². The Hall–Kier alpha value is -4.26. The molecule has 2 heterocycles. The fourth-order valence-corrected chi connectivity index (χ4v) is 4.49. The third-order valence-electron chi connectivity index (χ3n) is 6.52. The Morgan fingerprint density at radius 3 is 2.65 bits per heavy atom. The number of aromatic nitrogens is 1. The molecule has 190 valence electrons. The molecule has 1 aliphatic heterocycles. The normalized spacial score (nSPS) is 13.3. The number of rotatable bonds is 7. The predicted molar refractivity (Wildman–Crippen MR) is 146 cm³/mol. The molecule has 1 aliphatic rings. The second kappa shape index (κ2) is 10.0. The number of hydrogen-bond acceptors (Lipinski definition) is 4. The maximum absolute atomic E-state index is 12.8. The quantitative estimate of drug-likeness (QED) is 0.356. The van der Waals surface area contributed by atoms with Crippen molar-refractivity contribution >= 4 is 34.1 Å². The molecule has 1 aromatic heterocycles. The van der Waals surface area contributed by atoms with Gasteiger partial charge in [-0.05, 0) is 52.9 Å². The molecule has 7 nitrogen and oxygen atoms in total. The molecule has 2 amide bonds. The second-order valence-corrected chi connectivity index (χ2v) is 10.2. The van der Waals surface area contributed by atoms with Crippen LogP contribution in [-0.2, 0) is 21.4 Å². The molecule has 0 saturated carbocycles. The topological polar surface area (TPSA) is 83.7 Å². The molecule has 0 fully saturated rings. The fraction of sp³-hybridized carbons (Fsp3) is 0.267. The molecule has 4 aromatic rings. The lowest BCUT2D eigenvalue weighted by atomic mass is 9.87. The van der Waals surface area contributed by atoms with Gasteiger partial charge in [0.2, 0.25) is 5.91 Å². The molecule has 0 radical (unpaired) electrons. The summed E-state index contributed by atoms with van der Waals surface area (Å²) in [6, 6.07) is 21.3. The number of para-hydroxylation sites is 1. The van der Waals surface area contributed by atoms with Crippen LogP contribution in [0.3, 0.4) is 0 Å². The van der Waals surface area contributed by atoms with Crippen molar-refractivity contribution in [2.24, 2.45) is 0 Å². The van der Waals surface area contributed by atoms with E-state index in [-0.39, 0.29) is 30.3 Å². The van der Waals surface area contributed by atoms with E-state index in [0.29, 0.717) is 30.3 Å². The van der Waals surface area contributed by atoms with Crippen molar-refractivity contribution in [3.63, 3.8) is 0 Å². The number of anilines is 2. The van der Waals surface area contributed by atoms with Crippen LogP contribution in [0.2, 0.25) is 0 Å². The first kappa shape index (κ1) is 24.4. The summed E-state index contributed by atoms with van der Waals surface area (Å²) in [6.45, 7) is 7.18. The second-order valence-electron chi connectivity index (χ2n) is 10.2. The lowest BCUT2D eigenvalue weighted by molar-refractivity contribution is -0.121. The Kier molecular flexibility index (Phi) is 6.61. The fourth-order valence-electron chi connectivity index (χ4n) is 4.49. The highest BCUT2D eigenvalue weighted by Gasteiger charge is 2.26. The summed E-state index contributed by atoms with van der Waals surface area (Å²) in [5.74, 6) is 1.07. The minimum atomic E-state index is -0.151. The van der Waals surface area contributed by atoms with Crippen LogP contribution in [-0.4, -0.2) is 36.6 Å². The highest BCUT2D eigenvalue weighted by atomic mass is 16.5. The number of fused-ring (bicyclic) bond motifs is 2. The number of benzene rings is 3. The van der Waals surface area contributed by atoms with Gasteiger partial charge in [-0.3, -0.25) is 9.59 Å². The van der Waals surface area contributed by atoms with E-state index in [1.54, 1.807) is 23.1 Å². The molecule has 0 bridgehead atoms. The summed E-state index contributed by atoms with van der Waals surface area (Å²) < 4.78 is 11.5. The summed E-state index contributed by atoms with van der Waals surface area (Å²) in [5, 5.41) is 3.98. The third-order valence-corrected chi connectivity index (χ3v) is 6.52. The van der Waals surface area contributed by atoms with Crippen LogP contribution >= 0.6 is 0 Å². The average Bonchev–Trinajstić information content (AvgIpc) is 3.28.